The largest absolute Gasteiger partial charge is 0.379 e. The maximum atomic E-state index is 5.61. The van der Waals surface area contributed by atoms with Gasteiger partial charge in [-0.2, -0.15) is 0 Å². The Bertz CT molecular complexity index is 340. The van der Waals surface area contributed by atoms with Crippen LogP contribution in [0.25, 0.3) is 0 Å². The van der Waals surface area contributed by atoms with Crippen LogP contribution >= 0.6 is 0 Å². The third kappa shape index (κ3) is 14.9. The Morgan fingerprint density at radius 3 is 2.04 bits per heavy atom. The van der Waals surface area contributed by atoms with Crippen molar-refractivity contribution in [2.45, 2.75) is 53.4 Å². The SMILES string of the molecule is CC/C(C)=C(/C)C/C=C/CC(C)CCOCCOCCOCCN. The van der Waals surface area contributed by atoms with E-state index in [2.05, 4.69) is 39.8 Å². The summed E-state index contributed by atoms with van der Waals surface area (Å²) in [6.07, 6.45) is 9.05. The molecule has 0 aromatic carbocycles. The van der Waals surface area contributed by atoms with E-state index in [0.29, 0.717) is 45.5 Å². The van der Waals surface area contributed by atoms with Crippen LogP contribution in [-0.2, 0) is 14.2 Å². The van der Waals surface area contributed by atoms with E-state index in [9.17, 15) is 0 Å². The molecule has 0 amide bonds. The standard InChI is InChI=1S/C20H39NO3/c1-5-19(3)20(4)9-7-6-8-18(2)10-12-22-14-16-24-17-15-23-13-11-21/h6-7,18H,5,8-17,21H2,1-4H3/b7-6+,20-19-. The number of hydrogen-bond donors (Lipinski definition) is 1. The third-order valence-electron chi connectivity index (χ3n) is 4.15. The molecule has 0 aromatic heterocycles. The first kappa shape index (κ1) is 23.3. The molecule has 1 atom stereocenters. The van der Waals surface area contributed by atoms with E-state index in [1.807, 2.05) is 0 Å². The monoisotopic (exact) mass is 341 g/mol. The predicted octanol–water partition coefficient (Wildman–Crippen LogP) is 4.10. The van der Waals surface area contributed by atoms with Gasteiger partial charge in [0.05, 0.1) is 33.0 Å². The molecule has 24 heavy (non-hydrogen) atoms. The van der Waals surface area contributed by atoms with Crippen molar-refractivity contribution in [3.63, 3.8) is 0 Å². The molecule has 2 N–H and O–H groups in total. The second-order valence-electron chi connectivity index (χ2n) is 6.35. The molecule has 0 spiro atoms. The molecular weight excluding hydrogens is 302 g/mol. The van der Waals surface area contributed by atoms with Crippen LogP contribution in [0.2, 0.25) is 0 Å². The Balaban J connectivity index is 3.45. The summed E-state index contributed by atoms with van der Waals surface area (Å²) in [5.74, 6) is 0.656. The Morgan fingerprint density at radius 2 is 1.46 bits per heavy atom. The number of allylic oxidation sites excluding steroid dienone is 4. The van der Waals surface area contributed by atoms with Crippen LogP contribution in [0.4, 0.5) is 0 Å². The first-order chi connectivity index (χ1) is 11.6. The lowest BCUT2D eigenvalue weighted by molar-refractivity contribution is 0.0139. The van der Waals surface area contributed by atoms with Gasteiger partial charge in [-0.25, -0.2) is 0 Å². The van der Waals surface area contributed by atoms with E-state index in [-0.39, 0.29) is 0 Å². The molecule has 0 radical (unpaired) electrons. The molecule has 1 unspecified atom stereocenters. The highest BCUT2D eigenvalue weighted by atomic mass is 16.5. The highest BCUT2D eigenvalue weighted by Crippen LogP contribution is 2.13. The molecule has 0 aliphatic carbocycles. The molecule has 0 saturated heterocycles. The quantitative estimate of drug-likeness (QED) is 0.339. The number of ether oxygens (including phenoxy) is 3. The summed E-state index contributed by atoms with van der Waals surface area (Å²) in [6.45, 7) is 13.4. The van der Waals surface area contributed by atoms with Gasteiger partial charge in [-0.15, -0.1) is 0 Å². The second kappa shape index (κ2) is 17.2. The molecule has 0 rings (SSSR count). The molecule has 0 aliphatic heterocycles. The number of rotatable bonds is 16. The van der Waals surface area contributed by atoms with E-state index >= 15 is 0 Å². The van der Waals surface area contributed by atoms with Crippen LogP contribution in [-0.4, -0.2) is 46.2 Å². The van der Waals surface area contributed by atoms with Gasteiger partial charge in [-0.05, 0) is 45.4 Å². The molecule has 4 heteroatoms. The zero-order chi connectivity index (χ0) is 18.0. The van der Waals surface area contributed by atoms with Crippen LogP contribution < -0.4 is 5.73 Å². The summed E-state index contributed by atoms with van der Waals surface area (Å²) in [5, 5.41) is 0. The molecule has 142 valence electrons. The molecule has 0 fully saturated rings. The minimum Gasteiger partial charge on any atom is -0.379 e. The normalized spacial score (nSPS) is 14.2. The highest BCUT2D eigenvalue weighted by Gasteiger charge is 2.00. The lowest BCUT2D eigenvalue weighted by atomic mass is 10.0. The fourth-order valence-corrected chi connectivity index (χ4v) is 2.09. The summed E-state index contributed by atoms with van der Waals surface area (Å²) in [7, 11) is 0. The Labute approximate surface area is 149 Å². The molecule has 0 aliphatic rings. The molecule has 0 saturated carbocycles. The van der Waals surface area contributed by atoms with Gasteiger partial charge in [-0.1, -0.05) is 37.1 Å². The van der Waals surface area contributed by atoms with Crippen LogP contribution in [0.1, 0.15) is 53.4 Å². The molecular formula is C20H39NO3. The van der Waals surface area contributed by atoms with E-state index in [0.717, 1.165) is 32.3 Å². The summed E-state index contributed by atoms with van der Waals surface area (Å²) in [6, 6.07) is 0. The average molecular weight is 342 g/mol. The van der Waals surface area contributed by atoms with Crippen LogP contribution in [0.3, 0.4) is 0 Å². The van der Waals surface area contributed by atoms with Gasteiger partial charge in [0.2, 0.25) is 0 Å². The zero-order valence-electron chi connectivity index (χ0n) is 16.3. The maximum Gasteiger partial charge on any atom is 0.0701 e. The number of nitrogens with two attached hydrogens (primary N) is 1. The van der Waals surface area contributed by atoms with Crippen molar-refractivity contribution in [3.05, 3.63) is 23.3 Å². The summed E-state index contributed by atoms with van der Waals surface area (Å²) < 4.78 is 16.2. The van der Waals surface area contributed by atoms with Crippen molar-refractivity contribution < 1.29 is 14.2 Å². The minimum atomic E-state index is 0.561. The first-order valence-electron chi connectivity index (χ1n) is 9.35. The van der Waals surface area contributed by atoms with Crippen molar-refractivity contribution >= 4 is 0 Å². The van der Waals surface area contributed by atoms with Crippen molar-refractivity contribution in [2.24, 2.45) is 11.7 Å². The molecule has 4 nitrogen and oxygen atoms in total. The highest BCUT2D eigenvalue weighted by molar-refractivity contribution is 5.12. The lowest BCUT2D eigenvalue weighted by Crippen LogP contribution is -2.14. The maximum absolute atomic E-state index is 5.61. The Morgan fingerprint density at radius 1 is 0.875 bits per heavy atom. The van der Waals surface area contributed by atoms with E-state index < -0.39 is 0 Å². The van der Waals surface area contributed by atoms with Crippen LogP contribution in [0, 0.1) is 5.92 Å². The zero-order valence-corrected chi connectivity index (χ0v) is 16.3. The van der Waals surface area contributed by atoms with Crippen molar-refractivity contribution in [1.82, 2.24) is 0 Å². The van der Waals surface area contributed by atoms with Gasteiger partial charge in [0.25, 0.3) is 0 Å². The number of hydrogen-bond acceptors (Lipinski definition) is 4. The van der Waals surface area contributed by atoms with Gasteiger partial charge in [-0.3, -0.25) is 0 Å². The van der Waals surface area contributed by atoms with Crippen molar-refractivity contribution in [2.75, 3.05) is 46.2 Å². The van der Waals surface area contributed by atoms with E-state index in [1.54, 1.807) is 0 Å². The second-order valence-corrected chi connectivity index (χ2v) is 6.35. The van der Waals surface area contributed by atoms with E-state index in [4.69, 9.17) is 19.9 Å². The van der Waals surface area contributed by atoms with Crippen molar-refractivity contribution in [1.29, 1.82) is 0 Å². The summed E-state index contributed by atoms with van der Waals surface area (Å²) in [4.78, 5) is 0. The lowest BCUT2D eigenvalue weighted by Gasteiger charge is -2.10. The fraction of sp³-hybridized carbons (Fsp3) is 0.800. The Kier molecular flexibility index (Phi) is 16.7. The van der Waals surface area contributed by atoms with Gasteiger partial charge in [0.15, 0.2) is 0 Å². The molecule has 0 heterocycles. The van der Waals surface area contributed by atoms with Crippen LogP contribution in [0.15, 0.2) is 23.3 Å². The minimum absolute atomic E-state index is 0.561. The van der Waals surface area contributed by atoms with E-state index in [1.165, 1.54) is 11.1 Å². The first-order valence-corrected chi connectivity index (χ1v) is 9.35. The summed E-state index contributed by atoms with van der Waals surface area (Å²) in [5.41, 5.74) is 8.33. The fourth-order valence-electron chi connectivity index (χ4n) is 2.09. The molecule has 0 bridgehead atoms. The van der Waals surface area contributed by atoms with Gasteiger partial charge in [0.1, 0.15) is 0 Å². The molecule has 0 aromatic rings. The predicted molar refractivity (Wildman–Crippen MR) is 102 cm³/mol. The van der Waals surface area contributed by atoms with Crippen LogP contribution in [0.5, 0.6) is 0 Å². The van der Waals surface area contributed by atoms with Gasteiger partial charge < -0.3 is 19.9 Å². The topological polar surface area (TPSA) is 53.7 Å². The summed E-state index contributed by atoms with van der Waals surface area (Å²) >= 11 is 0. The van der Waals surface area contributed by atoms with Gasteiger partial charge >= 0.3 is 0 Å². The average Bonchev–Trinajstić information content (AvgIpc) is 2.59. The Hall–Kier alpha value is -0.680. The third-order valence-corrected chi connectivity index (χ3v) is 4.15. The van der Waals surface area contributed by atoms with Gasteiger partial charge in [0, 0.05) is 13.2 Å². The van der Waals surface area contributed by atoms with Crippen molar-refractivity contribution in [3.8, 4) is 0 Å². The smallest absolute Gasteiger partial charge is 0.0701 e.